The highest BCUT2D eigenvalue weighted by atomic mass is 35.5. The van der Waals surface area contributed by atoms with Gasteiger partial charge in [0.15, 0.2) is 6.29 Å². The van der Waals surface area contributed by atoms with Gasteiger partial charge in [0.2, 0.25) is 0 Å². The minimum atomic E-state index is -0.187. The van der Waals surface area contributed by atoms with Gasteiger partial charge in [-0.2, -0.15) is 0 Å². The second-order valence-corrected chi connectivity index (χ2v) is 4.13. The van der Waals surface area contributed by atoms with Gasteiger partial charge < -0.3 is 5.11 Å². The maximum atomic E-state index is 10.5. The van der Waals surface area contributed by atoms with E-state index in [9.17, 15) is 9.90 Å². The standard InChI is InChI=1S/C12H7Cl2NO2/c13-9-3-1-2-8(12(9)14)7-4-11(17)10(6-16)15-5-7/h1-6,17H. The molecule has 0 bridgehead atoms. The Morgan fingerprint density at radius 1 is 1.29 bits per heavy atom. The van der Waals surface area contributed by atoms with Gasteiger partial charge in [-0.1, -0.05) is 35.3 Å². The zero-order chi connectivity index (χ0) is 12.4. The fourth-order valence-electron chi connectivity index (χ4n) is 1.43. The lowest BCUT2D eigenvalue weighted by Gasteiger charge is -2.06. The van der Waals surface area contributed by atoms with E-state index in [-0.39, 0.29) is 11.4 Å². The molecule has 1 aromatic heterocycles. The van der Waals surface area contributed by atoms with Crippen molar-refractivity contribution in [2.45, 2.75) is 0 Å². The number of halogens is 2. The summed E-state index contributed by atoms with van der Waals surface area (Å²) in [5, 5.41) is 10.3. The summed E-state index contributed by atoms with van der Waals surface area (Å²) in [7, 11) is 0. The maximum Gasteiger partial charge on any atom is 0.172 e. The summed E-state index contributed by atoms with van der Waals surface area (Å²) in [5.74, 6) is -0.187. The summed E-state index contributed by atoms with van der Waals surface area (Å²) in [5.41, 5.74) is 1.24. The van der Waals surface area contributed by atoms with Crippen molar-refractivity contribution < 1.29 is 9.90 Å². The van der Waals surface area contributed by atoms with Crippen LogP contribution in [0.2, 0.25) is 10.0 Å². The molecule has 5 heteroatoms. The van der Waals surface area contributed by atoms with E-state index < -0.39 is 0 Å². The predicted molar refractivity (Wildman–Crippen MR) is 66.7 cm³/mol. The molecule has 2 rings (SSSR count). The Bertz CT molecular complexity index is 585. The molecule has 0 aliphatic carbocycles. The van der Waals surface area contributed by atoms with Gasteiger partial charge in [0.25, 0.3) is 0 Å². The summed E-state index contributed by atoms with van der Waals surface area (Å²) in [6, 6.07) is 6.59. The lowest BCUT2D eigenvalue weighted by molar-refractivity contribution is 0.111. The van der Waals surface area contributed by atoms with Gasteiger partial charge in [-0.05, 0) is 12.1 Å². The largest absolute Gasteiger partial charge is 0.506 e. The molecule has 17 heavy (non-hydrogen) atoms. The van der Waals surface area contributed by atoms with E-state index >= 15 is 0 Å². The Labute approximate surface area is 108 Å². The van der Waals surface area contributed by atoms with E-state index in [4.69, 9.17) is 23.2 Å². The molecular weight excluding hydrogens is 261 g/mol. The smallest absolute Gasteiger partial charge is 0.172 e. The van der Waals surface area contributed by atoms with Crippen LogP contribution in [-0.4, -0.2) is 16.4 Å². The molecule has 0 saturated heterocycles. The number of nitrogens with zero attached hydrogens (tertiary/aromatic N) is 1. The monoisotopic (exact) mass is 267 g/mol. The van der Waals surface area contributed by atoms with Crippen LogP contribution in [0, 0.1) is 0 Å². The van der Waals surface area contributed by atoms with Crippen molar-refractivity contribution in [1.82, 2.24) is 4.98 Å². The van der Waals surface area contributed by atoms with Crippen LogP contribution in [0.3, 0.4) is 0 Å². The molecule has 0 radical (unpaired) electrons. The molecule has 0 unspecified atom stereocenters. The van der Waals surface area contributed by atoms with Crippen molar-refractivity contribution in [3.63, 3.8) is 0 Å². The summed E-state index contributed by atoms with van der Waals surface area (Å²) in [6.45, 7) is 0. The zero-order valence-electron chi connectivity index (χ0n) is 8.52. The van der Waals surface area contributed by atoms with E-state index in [1.165, 1.54) is 12.3 Å². The Balaban J connectivity index is 2.57. The molecule has 0 aliphatic rings. The van der Waals surface area contributed by atoms with Gasteiger partial charge >= 0.3 is 0 Å². The number of hydrogen-bond donors (Lipinski definition) is 1. The lowest BCUT2D eigenvalue weighted by atomic mass is 10.1. The minimum absolute atomic E-state index is 0.00750. The number of benzene rings is 1. The van der Waals surface area contributed by atoms with Crippen molar-refractivity contribution in [3.8, 4) is 16.9 Å². The number of carbonyl (C=O) groups excluding carboxylic acids is 1. The summed E-state index contributed by atoms with van der Waals surface area (Å²) >= 11 is 11.9. The molecular formula is C12H7Cl2NO2. The van der Waals surface area contributed by atoms with Crippen LogP contribution in [-0.2, 0) is 0 Å². The van der Waals surface area contributed by atoms with Gasteiger partial charge in [0.05, 0.1) is 10.0 Å². The van der Waals surface area contributed by atoms with E-state index in [1.807, 2.05) is 0 Å². The van der Waals surface area contributed by atoms with E-state index in [1.54, 1.807) is 18.2 Å². The molecule has 1 heterocycles. The van der Waals surface area contributed by atoms with Gasteiger partial charge in [0.1, 0.15) is 11.4 Å². The predicted octanol–water partition coefficient (Wildman–Crippen LogP) is 3.57. The molecule has 0 amide bonds. The Morgan fingerprint density at radius 2 is 2.06 bits per heavy atom. The van der Waals surface area contributed by atoms with Crippen LogP contribution >= 0.6 is 23.2 Å². The van der Waals surface area contributed by atoms with Crippen molar-refractivity contribution in [2.75, 3.05) is 0 Å². The third-order valence-electron chi connectivity index (χ3n) is 2.27. The third kappa shape index (κ3) is 2.25. The van der Waals surface area contributed by atoms with Crippen LogP contribution in [0.25, 0.3) is 11.1 Å². The van der Waals surface area contributed by atoms with Crippen molar-refractivity contribution in [2.24, 2.45) is 0 Å². The number of aldehydes is 1. The number of rotatable bonds is 2. The first kappa shape index (κ1) is 11.9. The number of pyridine rings is 1. The molecule has 86 valence electrons. The number of hydrogen-bond acceptors (Lipinski definition) is 3. The molecule has 1 aromatic carbocycles. The van der Waals surface area contributed by atoms with E-state index in [0.29, 0.717) is 27.5 Å². The van der Waals surface area contributed by atoms with Gasteiger partial charge in [-0.3, -0.25) is 4.79 Å². The van der Waals surface area contributed by atoms with Crippen LogP contribution in [0.1, 0.15) is 10.5 Å². The molecule has 1 N–H and O–H groups in total. The fraction of sp³-hybridized carbons (Fsp3) is 0. The molecule has 0 fully saturated rings. The summed E-state index contributed by atoms with van der Waals surface area (Å²) < 4.78 is 0. The first-order valence-corrected chi connectivity index (χ1v) is 5.47. The van der Waals surface area contributed by atoms with Crippen molar-refractivity contribution >= 4 is 29.5 Å². The Morgan fingerprint density at radius 3 is 2.71 bits per heavy atom. The second kappa shape index (κ2) is 4.73. The van der Waals surface area contributed by atoms with E-state index in [0.717, 1.165) is 0 Å². The average Bonchev–Trinajstić information content (AvgIpc) is 2.32. The summed E-state index contributed by atoms with van der Waals surface area (Å²) in [4.78, 5) is 14.4. The molecule has 0 atom stereocenters. The molecule has 0 spiro atoms. The summed E-state index contributed by atoms with van der Waals surface area (Å²) in [6.07, 6.45) is 1.94. The second-order valence-electron chi connectivity index (χ2n) is 3.35. The van der Waals surface area contributed by atoms with Crippen molar-refractivity contribution in [3.05, 3.63) is 46.2 Å². The third-order valence-corrected chi connectivity index (χ3v) is 3.09. The fourth-order valence-corrected chi connectivity index (χ4v) is 1.84. The first-order valence-electron chi connectivity index (χ1n) is 4.72. The average molecular weight is 268 g/mol. The number of aromatic nitrogens is 1. The van der Waals surface area contributed by atoms with Gasteiger partial charge in [0, 0.05) is 17.3 Å². The Kier molecular flexibility index (Phi) is 3.31. The van der Waals surface area contributed by atoms with Gasteiger partial charge in [-0.25, -0.2) is 4.98 Å². The van der Waals surface area contributed by atoms with Crippen LogP contribution in [0.4, 0.5) is 0 Å². The molecule has 0 saturated carbocycles. The highest BCUT2D eigenvalue weighted by Crippen LogP contribution is 2.34. The van der Waals surface area contributed by atoms with Crippen LogP contribution in [0.15, 0.2) is 30.5 Å². The topological polar surface area (TPSA) is 50.2 Å². The SMILES string of the molecule is O=Cc1ncc(-c2cccc(Cl)c2Cl)cc1O. The number of carbonyl (C=O) groups is 1. The maximum absolute atomic E-state index is 10.5. The van der Waals surface area contributed by atoms with Crippen LogP contribution in [0.5, 0.6) is 5.75 Å². The Hall–Kier alpha value is -1.58. The normalized spacial score (nSPS) is 10.2. The minimum Gasteiger partial charge on any atom is -0.506 e. The van der Waals surface area contributed by atoms with Gasteiger partial charge in [-0.15, -0.1) is 0 Å². The van der Waals surface area contributed by atoms with Crippen LogP contribution < -0.4 is 0 Å². The molecule has 3 nitrogen and oxygen atoms in total. The zero-order valence-corrected chi connectivity index (χ0v) is 10.0. The number of aromatic hydroxyl groups is 1. The first-order chi connectivity index (χ1) is 8.13. The lowest BCUT2D eigenvalue weighted by Crippen LogP contribution is -1.89. The quantitative estimate of drug-likeness (QED) is 0.847. The van der Waals surface area contributed by atoms with Crippen molar-refractivity contribution in [1.29, 1.82) is 0 Å². The molecule has 0 aliphatic heterocycles. The molecule has 2 aromatic rings. The highest BCUT2D eigenvalue weighted by Gasteiger charge is 2.09. The van der Waals surface area contributed by atoms with E-state index in [2.05, 4.69) is 4.98 Å². The highest BCUT2D eigenvalue weighted by molar-refractivity contribution is 6.43.